The molecule has 0 bridgehead atoms. The minimum Gasteiger partial charge on any atom is -0.329 e. The van der Waals surface area contributed by atoms with Crippen LogP contribution in [0.3, 0.4) is 0 Å². The van der Waals surface area contributed by atoms with E-state index in [-0.39, 0.29) is 5.54 Å². The van der Waals surface area contributed by atoms with E-state index < -0.39 is 0 Å². The highest BCUT2D eigenvalue weighted by atomic mass is 15.2. The van der Waals surface area contributed by atoms with Crippen molar-refractivity contribution in [3.05, 3.63) is 0 Å². The summed E-state index contributed by atoms with van der Waals surface area (Å²) in [5.74, 6) is 0. The summed E-state index contributed by atoms with van der Waals surface area (Å²) in [4.78, 5) is 6.65. The van der Waals surface area contributed by atoms with E-state index in [4.69, 9.17) is 5.73 Å². The molecule has 5 heteroatoms. The molecule has 0 saturated heterocycles. The van der Waals surface area contributed by atoms with Gasteiger partial charge in [-0.15, -0.1) is 0 Å². The second-order valence-electron chi connectivity index (χ2n) is 6.97. The highest BCUT2D eigenvalue weighted by molar-refractivity contribution is 4.88. The second kappa shape index (κ2) is 12.4. The van der Waals surface area contributed by atoms with Crippen molar-refractivity contribution in [1.29, 1.82) is 0 Å². The zero-order valence-electron chi connectivity index (χ0n) is 16.0. The Bertz CT molecular complexity index is 219. The summed E-state index contributed by atoms with van der Waals surface area (Å²) >= 11 is 0. The van der Waals surface area contributed by atoms with E-state index in [0.29, 0.717) is 12.6 Å². The lowest BCUT2D eigenvalue weighted by Gasteiger charge is -2.38. The summed E-state index contributed by atoms with van der Waals surface area (Å²) in [5.41, 5.74) is 5.60. The summed E-state index contributed by atoms with van der Waals surface area (Å²) in [5, 5.41) is 3.39. The van der Waals surface area contributed by atoms with Crippen LogP contribution in [0.4, 0.5) is 0 Å². The molecule has 0 aromatic carbocycles. The SMILES string of the molecule is CC(NCCN)C(C)(C)N(C)C.CN(C)CCCN(C)C. The molecule has 0 aliphatic rings. The van der Waals surface area contributed by atoms with Gasteiger partial charge in [0, 0.05) is 24.7 Å². The maximum absolute atomic E-state index is 5.42. The Morgan fingerprint density at radius 1 is 0.952 bits per heavy atom. The van der Waals surface area contributed by atoms with Crippen LogP contribution in [0.25, 0.3) is 0 Å². The van der Waals surface area contributed by atoms with Gasteiger partial charge in [-0.1, -0.05) is 0 Å². The van der Waals surface area contributed by atoms with Gasteiger partial charge in [0.15, 0.2) is 0 Å². The van der Waals surface area contributed by atoms with Crippen LogP contribution < -0.4 is 11.1 Å². The van der Waals surface area contributed by atoms with Crippen LogP contribution >= 0.6 is 0 Å². The minimum atomic E-state index is 0.176. The molecule has 0 heterocycles. The molecule has 0 aliphatic heterocycles. The number of hydrogen-bond donors (Lipinski definition) is 2. The quantitative estimate of drug-likeness (QED) is 0.659. The average Bonchev–Trinajstić information content (AvgIpc) is 2.35. The van der Waals surface area contributed by atoms with Gasteiger partial charge in [-0.25, -0.2) is 0 Å². The fraction of sp³-hybridized carbons (Fsp3) is 1.00. The highest BCUT2D eigenvalue weighted by Gasteiger charge is 2.27. The highest BCUT2D eigenvalue weighted by Crippen LogP contribution is 2.14. The number of nitrogens with zero attached hydrogens (tertiary/aromatic N) is 3. The molecule has 5 nitrogen and oxygen atoms in total. The molecule has 0 spiro atoms. The molecule has 1 atom stereocenters. The largest absolute Gasteiger partial charge is 0.329 e. The first-order valence-corrected chi connectivity index (χ1v) is 7.96. The monoisotopic (exact) mass is 303 g/mol. The molecular weight excluding hydrogens is 262 g/mol. The van der Waals surface area contributed by atoms with E-state index in [1.54, 1.807) is 0 Å². The third-order valence-corrected chi connectivity index (χ3v) is 4.02. The van der Waals surface area contributed by atoms with Crippen molar-refractivity contribution in [2.24, 2.45) is 5.73 Å². The maximum atomic E-state index is 5.42. The van der Waals surface area contributed by atoms with Gasteiger partial charge in [0.2, 0.25) is 0 Å². The van der Waals surface area contributed by atoms with E-state index >= 15 is 0 Å². The summed E-state index contributed by atoms with van der Waals surface area (Å²) in [6.07, 6.45) is 1.26. The van der Waals surface area contributed by atoms with Crippen LogP contribution in [0.15, 0.2) is 0 Å². The van der Waals surface area contributed by atoms with E-state index in [9.17, 15) is 0 Å². The minimum absolute atomic E-state index is 0.176. The number of nitrogens with two attached hydrogens (primary N) is 1. The molecule has 0 saturated carbocycles. The predicted octanol–water partition coefficient (Wildman–Crippen LogP) is 0.763. The van der Waals surface area contributed by atoms with Crippen molar-refractivity contribution in [2.45, 2.75) is 38.8 Å². The van der Waals surface area contributed by atoms with Crippen LogP contribution in [0.2, 0.25) is 0 Å². The van der Waals surface area contributed by atoms with Crippen molar-refractivity contribution in [3.8, 4) is 0 Å². The van der Waals surface area contributed by atoms with Crippen molar-refractivity contribution >= 4 is 0 Å². The molecule has 0 aromatic rings. The Labute approximate surface area is 133 Å². The van der Waals surface area contributed by atoms with Gasteiger partial charge in [0.1, 0.15) is 0 Å². The zero-order valence-corrected chi connectivity index (χ0v) is 16.0. The first-order valence-electron chi connectivity index (χ1n) is 7.96. The number of likely N-dealkylation sites (N-methyl/N-ethyl adjacent to an activating group) is 1. The Kier molecular flexibility index (Phi) is 13.6. The average molecular weight is 304 g/mol. The van der Waals surface area contributed by atoms with Crippen LogP contribution in [0.5, 0.6) is 0 Å². The van der Waals surface area contributed by atoms with Crippen LogP contribution in [-0.4, -0.2) is 94.7 Å². The maximum Gasteiger partial charge on any atom is 0.0297 e. The first kappa shape index (κ1) is 23.1. The topological polar surface area (TPSA) is 47.8 Å². The number of hydrogen-bond acceptors (Lipinski definition) is 5. The summed E-state index contributed by atoms with van der Waals surface area (Å²) in [6.45, 7) is 10.6. The van der Waals surface area contributed by atoms with Crippen LogP contribution in [-0.2, 0) is 0 Å². The van der Waals surface area contributed by atoms with Gasteiger partial charge in [-0.05, 0) is 82.6 Å². The Balaban J connectivity index is 0. The Morgan fingerprint density at radius 3 is 1.67 bits per heavy atom. The number of rotatable bonds is 9. The molecule has 0 fully saturated rings. The van der Waals surface area contributed by atoms with Gasteiger partial charge in [0.05, 0.1) is 0 Å². The summed E-state index contributed by atoms with van der Waals surface area (Å²) in [7, 11) is 12.6. The molecule has 3 N–H and O–H groups in total. The van der Waals surface area contributed by atoms with Crippen molar-refractivity contribution in [3.63, 3.8) is 0 Å². The van der Waals surface area contributed by atoms with Gasteiger partial charge in [-0.3, -0.25) is 0 Å². The smallest absolute Gasteiger partial charge is 0.0297 e. The lowest BCUT2D eigenvalue weighted by Crippen LogP contribution is -2.54. The van der Waals surface area contributed by atoms with Gasteiger partial charge < -0.3 is 25.8 Å². The predicted molar refractivity (Wildman–Crippen MR) is 96.0 cm³/mol. The molecule has 1 unspecified atom stereocenters. The van der Waals surface area contributed by atoms with Crippen LogP contribution in [0, 0.1) is 0 Å². The third-order valence-electron chi connectivity index (χ3n) is 4.02. The molecule has 0 aromatic heterocycles. The Hall–Kier alpha value is -0.200. The normalized spacial score (nSPS) is 13.6. The lowest BCUT2D eigenvalue weighted by molar-refractivity contribution is 0.147. The molecule has 130 valence electrons. The number of nitrogens with one attached hydrogen (secondary N) is 1. The molecule has 0 aliphatic carbocycles. The van der Waals surface area contributed by atoms with Gasteiger partial charge in [0.25, 0.3) is 0 Å². The zero-order chi connectivity index (χ0) is 17.1. The molecule has 0 amide bonds. The van der Waals surface area contributed by atoms with Gasteiger partial charge >= 0.3 is 0 Å². The molecular formula is C16H41N5. The van der Waals surface area contributed by atoms with Crippen molar-refractivity contribution < 1.29 is 0 Å². The second-order valence-corrected chi connectivity index (χ2v) is 6.97. The molecule has 0 rings (SSSR count). The van der Waals surface area contributed by atoms with E-state index in [1.165, 1.54) is 19.5 Å². The van der Waals surface area contributed by atoms with Crippen molar-refractivity contribution in [2.75, 3.05) is 68.5 Å². The van der Waals surface area contributed by atoms with E-state index in [2.05, 4.69) is 83.1 Å². The van der Waals surface area contributed by atoms with E-state index in [0.717, 1.165) is 6.54 Å². The Morgan fingerprint density at radius 2 is 1.38 bits per heavy atom. The first-order chi connectivity index (χ1) is 9.55. The molecule has 0 radical (unpaired) electrons. The lowest BCUT2D eigenvalue weighted by atomic mass is 9.95. The van der Waals surface area contributed by atoms with Crippen molar-refractivity contribution in [1.82, 2.24) is 20.0 Å². The summed E-state index contributed by atoms with van der Waals surface area (Å²) in [6, 6.07) is 0.455. The fourth-order valence-electron chi connectivity index (χ4n) is 1.64. The third kappa shape index (κ3) is 13.2. The van der Waals surface area contributed by atoms with Crippen LogP contribution in [0.1, 0.15) is 27.2 Å². The molecule has 21 heavy (non-hydrogen) atoms. The summed E-state index contributed by atoms with van der Waals surface area (Å²) < 4.78 is 0. The van der Waals surface area contributed by atoms with E-state index in [1.807, 2.05) is 0 Å². The van der Waals surface area contributed by atoms with Gasteiger partial charge in [-0.2, -0.15) is 0 Å². The fourth-order valence-corrected chi connectivity index (χ4v) is 1.64. The standard InChI is InChI=1S/C9H23N3.C7H18N2/c1-8(11-7-6-10)9(2,3)12(4)5;1-8(2)6-5-7-9(3)4/h8,11H,6-7,10H2,1-5H3;5-7H2,1-4H3.